The predicted molar refractivity (Wildman–Crippen MR) is 115 cm³/mol. The fourth-order valence-electron chi connectivity index (χ4n) is 4.26. The minimum atomic E-state index is -0.924. The van der Waals surface area contributed by atoms with Gasteiger partial charge in [-0.25, -0.2) is 9.69 Å². The van der Waals surface area contributed by atoms with Crippen LogP contribution in [-0.4, -0.2) is 46.1 Å². The summed E-state index contributed by atoms with van der Waals surface area (Å²) in [6.07, 6.45) is 3.27. The van der Waals surface area contributed by atoms with Crippen LogP contribution in [0.1, 0.15) is 44.2 Å². The van der Waals surface area contributed by atoms with Crippen molar-refractivity contribution in [1.29, 1.82) is 0 Å². The van der Waals surface area contributed by atoms with Gasteiger partial charge in [0.2, 0.25) is 5.91 Å². The van der Waals surface area contributed by atoms with Crippen LogP contribution in [0.3, 0.4) is 0 Å². The zero-order chi connectivity index (χ0) is 22.0. The molecule has 7 nitrogen and oxygen atoms in total. The molecule has 1 heterocycles. The maximum Gasteiger partial charge on any atom is 0.334 e. The maximum absolute atomic E-state index is 12.6. The molecule has 1 aliphatic carbocycles. The zero-order valence-electron chi connectivity index (χ0n) is 17.4. The highest BCUT2D eigenvalue weighted by molar-refractivity contribution is 6.45. The summed E-state index contributed by atoms with van der Waals surface area (Å²) in [4.78, 5) is 51.5. The van der Waals surface area contributed by atoms with Gasteiger partial charge >= 0.3 is 17.8 Å². The Labute approximate surface area is 181 Å². The molecule has 2 aromatic carbocycles. The van der Waals surface area contributed by atoms with Crippen molar-refractivity contribution in [3.8, 4) is 11.1 Å². The molecule has 1 saturated heterocycles. The molecule has 2 fully saturated rings. The van der Waals surface area contributed by atoms with Crippen LogP contribution in [0, 0.1) is 0 Å². The molecule has 0 bridgehead atoms. The van der Waals surface area contributed by atoms with Gasteiger partial charge in [0.1, 0.15) is 6.54 Å². The molecular weight excluding hydrogens is 394 g/mol. The van der Waals surface area contributed by atoms with Gasteiger partial charge < -0.3 is 5.32 Å². The number of amides is 5. The maximum atomic E-state index is 12.6. The SMILES string of the molecule is C[C@@H](NC(=O)CN1C(=O)C(=O)N(C2CCCC2)C1=O)c1ccc(-c2ccccc2)cc1. The van der Waals surface area contributed by atoms with Crippen molar-refractivity contribution in [2.75, 3.05) is 6.54 Å². The normalized spacial score (nSPS) is 18.0. The van der Waals surface area contributed by atoms with Crippen molar-refractivity contribution in [2.24, 2.45) is 0 Å². The Morgan fingerprint density at radius 1 is 0.935 bits per heavy atom. The monoisotopic (exact) mass is 419 g/mol. The van der Waals surface area contributed by atoms with E-state index in [1.807, 2.05) is 61.5 Å². The van der Waals surface area contributed by atoms with Crippen molar-refractivity contribution in [1.82, 2.24) is 15.1 Å². The molecular formula is C24H25N3O4. The number of hydrogen-bond acceptors (Lipinski definition) is 4. The third-order valence-electron chi connectivity index (χ3n) is 5.97. The summed E-state index contributed by atoms with van der Waals surface area (Å²) in [5.41, 5.74) is 3.07. The van der Waals surface area contributed by atoms with Crippen molar-refractivity contribution < 1.29 is 19.2 Å². The van der Waals surface area contributed by atoms with Gasteiger partial charge in [0.25, 0.3) is 0 Å². The third-order valence-corrected chi connectivity index (χ3v) is 5.97. The fourth-order valence-corrected chi connectivity index (χ4v) is 4.26. The first kappa shape index (κ1) is 20.8. The van der Waals surface area contributed by atoms with E-state index < -0.39 is 30.3 Å². The molecule has 1 saturated carbocycles. The van der Waals surface area contributed by atoms with Crippen LogP contribution in [0.4, 0.5) is 4.79 Å². The first-order valence-electron chi connectivity index (χ1n) is 10.6. The second kappa shape index (κ2) is 8.71. The largest absolute Gasteiger partial charge is 0.348 e. The van der Waals surface area contributed by atoms with Gasteiger partial charge in [-0.3, -0.25) is 19.3 Å². The van der Waals surface area contributed by atoms with Crippen molar-refractivity contribution in [2.45, 2.75) is 44.7 Å². The van der Waals surface area contributed by atoms with Crippen molar-refractivity contribution in [3.63, 3.8) is 0 Å². The van der Waals surface area contributed by atoms with Crippen LogP contribution in [0.2, 0.25) is 0 Å². The van der Waals surface area contributed by atoms with E-state index in [2.05, 4.69) is 5.32 Å². The van der Waals surface area contributed by atoms with Crippen molar-refractivity contribution >= 4 is 23.8 Å². The molecule has 5 amide bonds. The molecule has 2 aliphatic rings. The van der Waals surface area contributed by atoms with Crippen molar-refractivity contribution in [3.05, 3.63) is 60.2 Å². The highest BCUT2D eigenvalue weighted by Gasteiger charge is 2.48. The molecule has 4 rings (SSSR count). The second-order valence-corrected chi connectivity index (χ2v) is 8.06. The quantitative estimate of drug-likeness (QED) is 0.575. The number of nitrogens with zero attached hydrogens (tertiary/aromatic N) is 2. The van der Waals surface area contributed by atoms with Crippen LogP contribution < -0.4 is 5.32 Å². The van der Waals surface area contributed by atoms with Gasteiger partial charge in [0.15, 0.2) is 0 Å². The van der Waals surface area contributed by atoms with Crippen LogP contribution in [0.25, 0.3) is 11.1 Å². The topological polar surface area (TPSA) is 86.8 Å². The summed E-state index contributed by atoms with van der Waals surface area (Å²) in [6.45, 7) is 1.37. The van der Waals surface area contributed by atoms with Crippen LogP contribution in [0.5, 0.6) is 0 Å². The highest BCUT2D eigenvalue weighted by Crippen LogP contribution is 2.28. The van der Waals surface area contributed by atoms with E-state index >= 15 is 0 Å². The lowest BCUT2D eigenvalue weighted by atomic mass is 10.0. The number of rotatable bonds is 6. The smallest absolute Gasteiger partial charge is 0.334 e. The summed E-state index contributed by atoms with van der Waals surface area (Å²) >= 11 is 0. The summed E-state index contributed by atoms with van der Waals surface area (Å²) in [6, 6.07) is 16.6. The van der Waals surface area contributed by atoms with Crippen LogP contribution >= 0.6 is 0 Å². The van der Waals surface area contributed by atoms with Gasteiger partial charge in [-0.15, -0.1) is 0 Å². The summed E-state index contributed by atoms with van der Waals surface area (Å²) in [5, 5.41) is 2.81. The number of nitrogens with one attached hydrogen (secondary N) is 1. The third kappa shape index (κ3) is 4.21. The summed E-state index contributed by atoms with van der Waals surface area (Å²) < 4.78 is 0. The van der Waals surface area contributed by atoms with Gasteiger partial charge in [-0.1, -0.05) is 67.4 Å². The molecule has 0 radical (unpaired) electrons. The molecule has 2 aromatic rings. The molecule has 160 valence electrons. The number of carbonyl (C=O) groups is 4. The lowest BCUT2D eigenvalue weighted by Gasteiger charge is -2.21. The van der Waals surface area contributed by atoms with E-state index in [0.717, 1.165) is 39.3 Å². The van der Waals surface area contributed by atoms with E-state index in [1.165, 1.54) is 0 Å². The summed E-state index contributed by atoms with van der Waals surface area (Å²) in [7, 11) is 0. The Balaban J connectivity index is 1.37. The minimum absolute atomic E-state index is 0.237. The predicted octanol–water partition coefficient (Wildman–Crippen LogP) is 3.26. The van der Waals surface area contributed by atoms with Crippen LogP contribution in [-0.2, 0) is 14.4 Å². The van der Waals surface area contributed by atoms with Gasteiger partial charge in [0, 0.05) is 6.04 Å². The standard InChI is InChI=1S/C24H25N3O4/c1-16(17-11-13-19(14-12-17)18-7-3-2-4-8-18)25-21(28)15-26-22(29)23(30)27(24(26)31)20-9-5-6-10-20/h2-4,7-8,11-14,16,20H,5-6,9-10,15H2,1H3,(H,25,28)/t16-/m1/s1. The fraction of sp³-hybridized carbons (Fsp3) is 0.333. The minimum Gasteiger partial charge on any atom is -0.348 e. The molecule has 0 unspecified atom stereocenters. The number of urea groups is 1. The molecule has 0 aromatic heterocycles. The molecule has 31 heavy (non-hydrogen) atoms. The second-order valence-electron chi connectivity index (χ2n) is 8.06. The van der Waals surface area contributed by atoms with E-state index in [1.54, 1.807) is 0 Å². The molecule has 7 heteroatoms. The first-order chi connectivity index (χ1) is 15.0. The lowest BCUT2D eigenvalue weighted by molar-refractivity contribution is -0.144. The Morgan fingerprint density at radius 2 is 1.55 bits per heavy atom. The summed E-state index contributed by atoms with van der Waals surface area (Å²) in [5.74, 6) is -2.23. The Kier molecular flexibility index (Phi) is 5.84. The van der Waals surface area contributed by atoms with E-state index in [0.29, 0.717) is 12.8 Å². The Morgan fingerprint density at radius 3 is 2.19 bits per heavy atom. The molecule has 1 atom stereocenters. The number of carbonyl (C=O) groups excluding carboxylic acids is 4. The molecule has 0 spiro atoms. The highest BCUT2D eigenvalue weighted by atomic mass is 16.2. The average molecular weight is 419 g/mol. The van der Waals surface area contributed by atoms with Gasteiger partial charge in [-0.2, -0.15) is 0 Å². The first-order valence-corrected chi connectivity index (χ1v) is 10.6. The Bertz CT molecular complexity index is 997. The van der Waals surface area contributed by atoms with Gasteiger partial charge in [-0.05, 0) is 36.5 Å². The van der Waals surface area contributed by atoms with Crippen LogP contribution in [0.15, 0.2) is 54.6 Å². The number of hydrogen-bond donors (Lipinski definition) is 1. The average Bonchev–Trinajstić information content (AvgIpc) is 3.38. The molecule has 1 aliphatic heterocycles. The van der Waals surface area contributed by atoms with E-state index in [4.69, 9.17) is 0 Å². The van der Waals surface area contributed by atoms with E-state index in [9.17, 15) is 19.2 Å². The molecule has 1 N–H and O–H groups in total. The van der Waals surface area contributed by atoms with Gasteiger partial charge in [0.05, 0.1) is 6.04 Å². The van der Waals surface area contributed by atoms with E-state index in [-0.39, 0.29) is 12.1 Å². The lowest BCUT2D eigenvalue weighted by Crippen LogP contribution is -2.43. The Hall–Kier alpha value is -3.48. The number of imide groups is 2. The zero-order valence-corrected chi connectivity index (χ0v) is 17.4. The number of benzene rings is 2.